The summed E-state index contributed by atoms with van der Waals surface area (Å²) in [5.41, 5.74) is 2.16. The van der Waals surface area contributed by atoms with Gasteiger partial charge in [-0.25, -0.2) is 0 Å². The quantitative estimate of drug-likeness (QED) is 0.746. The highest BCUT2D eigenvalue weighted by molar-refractivity contribution is 5.71. The van der Waals surface area contributed by atoms with Gasteiger partial charge in [0.05, 0.1) is 5.92 Å². The molecule has 0 aromatic heterocycles. The summed E-state index contributed by atoms with van der Waals surface area (Å²) in [6.07, 6.45) is -0.201. The fraction of sp³-hybridized carbons (Fsp3) is 0.562. The predicted octanol–water partition coefficient (Wildman–Crippen LogP) is 4.28. The Bertz CT molecular complexity index is 396. The first-order valence-electron chi connectivity index (χ1n) is 6.49. The maximum Gasteiger partial charge on any atom is 0.308 e. The predicted molar refractivity (Wildman–Crippen MR) is 74.3 cm³/mol. The molecule has 0 fully saturated rings. The van der Waals surface area contributed by atoms with Crippen molar-refractivity contribution in [2.24, 2.45) is 11.3 Å². The minimum Gasteiger partial charge on any atom is -0.457 e. The fourth-order valence-electron chi connectivity index (χ4n) is 1.74. The van der Waals surface area contributed by atoms with Crippen molar-refractivity contribution in [1.82, 2.24) is 0 Å². The largest absolute Gasteiger partial charge is 0.457 e. The van der Waals surface area contributed by atoms with E-state index < -0.39 is 0 Å². The topological polar surface area (TPSA) is 26.3 Å². The Morgan fingerprint density at radius 2 is 1.61 bits per heavy atom. The van der Waals surface area contributed by atoms with Gasteiger partial charge in [-0.05, 0) is 12.5 Å². The van der Waals surface area contributed by atoms with Crippen molar-refractivity contribution in [2.45, 2.75) is 47.6 Å². The maximum atomic E-state index is 11.8. The lowest BCUT2D eigenvalue weighted by atomic mass is 9.84. The summed E-state index contributed by atoms with van der Waals surface area (Å²) in [6.45, 7) is 12.0. The van der Waals surface area contributed by atoms with E-state index in [2.05, 4.69) is 39.8 Å². The summed E-state index contributed by atoms with van der Waals surface area (Å²) >= 11 is 0. The van der Waals surface area contributed by atoms with Gasteiger partial charge in [-0.15, -0.1) is 0 Å². The van der Waals surface area contributed by atoms with Crippen LogP contribution in [0.1, 0.15) is 51.8 Å². The zero-order valence-corrected chi connectivity index (χ0v) is 12.3. The minimum atomic E-state index is -0.201. The molecule has 1 rings (SSSR count). The summed E-state index contributed by atoms with van der Waals surface area (Å²) in [4.78, 5) is 11.8. The van der Waals surface area contributed by atoms with Gasteiger partial charge in [0.15, 0.2) is 0 Å². The molecule has 18 heavy (non-hydrogen) atoms. The average Bonchev–Trinajstić information content (AvgIpc) is 2.25. The monoisotopic (exact) mass is 248 g/mol. The Hall–Kier alpha value is -1.31. The Morgan fingerprint density at radius 1 is 1.11 bits per heavy atom. The SMILES string of the molecule is Cc1ccc([C@H](OC(=O)C(C)C)C(C)(C)C)cc1. The van der Waals surface area contributed by atoms with Gasteiger partial charge in [-0.1, -0.05) is 64.4 Å². The molecular weight excluding hydrogens is 224 g/mol. The number of aryl methyl sites for hydroxylation is 1. The number of carbonyl (C=O) groups is 1. The van der Waals surface area contributed by atoms with Crippen LogP contribution in [0.2, 0.25) is 0 Å². The Balaban J connectivity index is 2.99. The highest BCUT2D eigenvalue weighted by Crippen LogP contribution is 2.36. The lowest BCUT2D eigenvalue weighted by Gasteiger charge is -2.31. The van der Waals surface area contributed by atoms with Gasteiger partial charge in [0.1, 0.15) is 6.10 Å². The molecule has 0 radical (unpaired) electrons. The van der Waals surface area contributed by atoms with Gasteiger partial charge >= 0.3 is 5.97 Å². The van der Waals surface area contributed by atoms with E-state index in [9.17, 15) is 4.79 Å². The van der Waals surface area contributed by atoms with E-state index in [-0.39, 0.29) is 23.4 Å². The van der Waals surface area contributed by atoms with E-state index in [1.165, 1.54) is 5.56 Å². The second-order valence-electron chi connectivity index (χ2n) is 6.25. The molecule has 2 nitrogen and oxygen atoms in total. The summed E-state index contributed by atoms with van der Waals surface area (Å²) in [5.74, 6) is -0.240. The zero-order valence-electron chi connectivity index (χ0n) is 12.3. The van der Waals surface area contributed by atoms with E-state index >= 15 is 0 Å². The number of carbonyl (C=O) groups excluding carboxylic acids is 1. The summed E-state index contributed by atoms with van der Waals surface area (Å²) in [7, 11) is 0. The van der Waals surface area contributed by atoms with E-state index in [0.717, 1.165) is 5.56 Å². The third-order valence-electron chi connectivity index (χ3n) is 2.87. The van der Waals surface area contributed by atoms with E-state index in [4.69, 9.17) is 4.74 Å². The molecule has 1 atom stereocenters. The fourth-order valence-corrected chi connectivity index (χ4v) is 1.74. The normalized spacial score (nSPS) is 13.5. The molecule has 0 bridgehead atoms. The van der Waals surface area contributed by atoms with Gasteiger partial charge in [0, 0.05) is 5.41 Å². The molecule has 0 aliphatic rings. The third-order valence-corrected chi connectivity index (χ3v) is 2.87. The summed E-state index contributed by atoms with van der Waals surface area (Å²) < 4.78 is 5.66. The highest BCUT2D eigenvalue weighted by Gasteiger charge is 2.30. The maximum absolute atomic E-state index is 11.8. The average molecular weight is 248 g/mol. The van der Waals surface area contributed by atoms with Crippen LogP contribution in [0.5, 0.6) is 0 Å². The van der Waals surface area contributed by atoms with Crippen molar-refractivity contribution >= 4 is 5.97 Å². The number of hydrogen-bond acceptors (Lipinski definition) is 2. The number of esters is 1. The third kappa shape index (κ3) is 3.86. The summed E-state index contributed by atoms with van der Waals surface area (Å²) in [6, 6.07) is 8.19. The molecule has 2 heteroatoms. The van der Waals surface area contributed by atoms with Crippen molar-refractivity contribution in [3.63, 3.8) is 0 Å². The number of hydrogen-bond donors (Lipinski definition) is 0. The zero-order chi connectivity index (χ0) is 13.9. The Kier molecular flexibility index (Phi) is 4.55. The highest BCUT2D eigenvalue weighted by atomic mass is 16.5. The molecular formula is C16H24O2. The van der Waals surface area contributed by atoms with Gasteiger partial charge in [0.2, 0.25) is 0 Å². The lowest BCUT2D eigenvalue weighted by Crippen LogP contribution is -2.26. The molecule has 0 saturated carbocycles. The van der Waals surface area contributed by atoms with E-state index in [0.29, 0.717) is 0 Å². The lowest BCUT2D eigenvalue weighted by molar-refractivity contribution is -0.159. The van der Waals surface area contributed by atoms with Gasteiger partial charge in [-0.2, -0.15) is 0 Å². The molecule has 0 heterocycles. The second kappa shape index (κ2) is 5.55. The van der Waals surface area contributed by atoms with Crippen LogP contribution in [0.25, 0.3) is 0 Å². The van der Waals surface area contributed by atoms with Gasteiger partial charge in [-0.3, -0.25) is 4.79 Å². The number of benzene rings is 1. The van der Waals surface area contributed by atoms with Crippen LogP contribution in [-0.2, 0) is 9.53 Å². The smallest absolute Gasteiger partial charge is 0.308 e. The van der Waals surface area contributed by atoms with Crippen LogP contribution in [0.3, 0.4) is 0 Å². The van der Waals surface area contributed by atoms with Crippen LogP contribution < -0.4 is 0 Å². The van der Waals surface area contributed by atoms with Crippen molar-refractivity contribution in [3.05, 3.63) is 35.4 Å². The standard InChI is InChI=1S/C16H24O2/c1-11(2)15(17)18-14(16(4,5)6)13-9-7-12(3)8-10-13/h7-11,14H,1-6H3/t14-/m0/s1. The minimum absolute atomic E-state index is 0.0969. The van der Waals surface area contributed by atoms with Crippen molar-refractivity contribution in [1.29, 1.82) is 0 Å². The molecule has 0 spiro atoms. The Morgan fingerprint density at radius 3 is 2.00 bits per heavy atom. The summed E-state index contributed by atoms with van der Waals surface area (Å²) in [5, 5.41) is 0. The first-order chi connectivity index (χ1) is 8.21. The number of ether oxygens (including phenoxy) is 1. The van der Waals surface area contributed by atoms with Crippen molar-refractivity contribution < 1.29 is 9.53 Å². The van der Waals surface area contributed by atoms with Gasteiger partial charge in [0.25, 0.3) is 0 Å². The number of rotatable bonds is 3. The molecule has 0 amide bonds. The van der Waals surface area contributed by atoms with Crippen LogP contribution in [0.15, 0.2) is 24.3 Å². The van der Waals surface area contributed by atoms with Crippen LogP contribution in [-0.4, -0.2) is 5.97 Å². The van der Waals surface area contributed by atoms with Crippen LogP contribution in [0.4, 0.5) is 0 Å². The van der Waals surface area contributed by atoms with Gasteiger partial charge < -0.3 is 4.74 Å². The van der Waals surface area contributed by atoms with Crippen LogP contribution >= 0.6 is 0 Å². The Labute approximate surface area is 110 Å². The van der Waals surface area contributed by atoms with Crippen LogP contribution in [0, 0.1) is 18.3 Å². The van der Waals surface area contributed by atoms with Crippen molar-refractivity contribution in [3.8, 4) is 0 Å². The molecule has 0 N–H and O–H groups in total. The molecule has 0 unspecified atom stereocenters. The molecule has 1 aromatic carbocycles. The molecule has 100 valence electrons. The second-order valence-corrected chi connectivity index (χ2v) is 6.25. The molecule has 0 aliphatic carbocycles. The van der Waals surface area contributed by atoms with E-state index in [1.54, 1.807) is 0 Å². The first-order valence-corrected chi connectivity index (χ1v) is 6.49. The molecule has 0 aliphatic heterocycles. The van der Waals surface area contributed by atoms with E-state index in [1.807, 2.05) is 26.0 Å². The first kappa shape index (κ1) is 14.7. The molecule has 0 saturated heterocycles. The van der Waals surface area contributed by atoms with Crippen molar-refractivity contribution in [2.75, 3.05) is 0 Å². The molecule has 1 aromatic rings.